The quantitative estimate of drug-likeness (QED) is 0.824. The largest absolute Gasteiger partial charge is 0.383 e. The molecule has 1 aliphatic rings. The first kappa shape index (κ1) is 15.4. The Bertz CT molecular complexity index is 375. The zero-order chi connectivity index (χ0) is 14.4. The van der Waals surface area contributed by atoms with Gasteiger partial charge in [-0.3, -0.25) is 0 Å². The summed E-state index contributed by atoms with van der Waals surface area (Å²) in [6, 6.07) is 10.1. The van der Waals surface area contributed by atoms with Gasteiger partial charge in [-0.05, 0) is 56.3 Å². The monoisotopic (exact) mass is 274 g/mol. The molecule has 0 radical (unpaired) electrons. The minimum Gasteiger partial charge on any atom is -0.383 e. The molecular weight excluding hydrogens is 244 g/mol. The molecule has 0 amide bonds. The minimum absolute atomic E-state index is 0.524. The van der Waals surface area contributed by atoms with Gasteiger partial charge in [-0.15, -0.1) is 0 Å². The Kier molecular flexibility index (Phi) is 5.90. The van der Waals surface area contributed by atoms with Crippen LogP contribution >= 0.6 is 0 Å². The highest BCUT2D eigenvalue weighted by molar-refractivity contribution is 5.45. The lowest BCUT2D eigenvalue weighted by molar-refractivity contribution is 0.456. The zero-order valence-corrected chi connectivity index (χ0v) is 13.3. The van der Waals surface area contributed by atoms with Crippen LogP contribution in [0.25, 0.3) is 0 Å². The number of nitrogens with one attached hydrogen (secondary N) is 2. The average Bonchev–Trinajstić information content (AvgIpc) is 2.68. The van der Waals surface area contributed by atoms with E-state index in [0.29, 0.717) is 18.0 Å². The fourth-order valence-electron chi connectivity index (χ4n) is 3.04. The maximum Gasteiger partial charge on any atom is 0.0342 e. The van der Waals surface area contributed by atoms with Crippen molar-refractivity contribution in [1.29, 1.82) is 0 Å². The Labute approximate surface area is 124 Å². The fourth-order valence-corrected chi connectivity index (χ4v) is 3.04. The molecule has 0 saturated carbocycles. The van der Waals surface area contributed by atoms with E-state index in [4.69, 9.17) is 0 Å². The molecule has 2 unspecified atom stereocenters. The molecule has 1 saturated heterocycles. The molecule has 112 valence electrons. The standard InChI is InChI=1S/C18H30N2/c1-14(2)16-8-10-17(11-9-16)20-15(3)13-18-7-5-4-6-12-19-18/h8-11,14-15,18-20H,4-7,12-13H2,1-3H3. The molecule has 0 bridgehead atoms. The molecule has 2 nitrogen and oxygen atoms in total. The van der Waals surface area contributed by atoms with Gasteiger partial charge in [0.1, 0.15) is 0 Å². The van der Waals surface area contributed by atoms with E-state index >= 15 is 0 Å². The molecule has 1 aliphatic heterocycles. The maximum absolute atomic E-state index is 3.68. The van der Waals surface area contributed by atoms with E-state index in [1.54, 1.807) is 0 Å². The predicted molar refractivity (Wildman–Crippen MR) is 88.5 cm³/mol. The number of rotatable bonds is 5. The number of hydrogen-bond donors (Lipinski definition) is 2. The lowest BCUT2D eigenvalue weighted by atomic mass is 10.0. The summed E-state index contributed by atoms with van der Waals surface area (Å²) >= 11 is 0. The van der Waals surface area contributed by atoms with E-state index < -0.39 is 0 Å². The summed E-state index contributed by atoms with van der Waals surface area (Å²) in [5.74, 6) is 0.608. The third-order valence-corrected chi connectivity index (χ3v) is 4.29. The third kappa shape index (κ3) is 4.82. The number of benzene rings is 1. The molecule has 1 aromatic rings. The van der Waals surface area contributed by atoms with Gasteiger partial charge in [0.2, 0.25) is 0 Å². The normalized spacial score (nSPS) is 21.5. The van der Waals surface area contributed by atoms with Crippen LogP contribution in [0.15, 0.2) is 24.3 Å². The first-order valence-electron chi connectivity index (χ1n) is 8.25. The molecule has 20 heavy (non-hydrogen) atoms. The van der Waals surface area contributed by atoms with Crippen molar-refractivity contribution in [2.45, 2.75) is 70.9 Å². The summed E-state index contributed by atoms with van der Waals surface area (Å²) in [7, 11) is 0. The van der Waals surface area contributed by atoms with Crippen LogP contribution in [0, 0.1) is 0 Å². The molecule has 1 heterocycles. The lowest BCUT2D eigenvalue weighted by Gasteiger charge is -2.22. The minimum atomic E-state index is 0.524. The Hall–Kier alpha value is -1.02. The molecule has 1 aromatic carbocycles. The lowest BCUT2D eigenvalue weighted by Crippen LogP contribution is -2.33. The second kappa shape index (κ2) is 7.68. The summed E-state index contributed by atoms with van der Waals surface area (Å²) in [5.41, 5.74) is 2.66. The zero-order valence-electron chi connectivity index (χ0n) is 13.3. The SMILES string of the molecule is CC(CC1CCCCCN1)Nc1ccc(C(C)C)cc1. The smallest absolute Gasteiger partial charge is 0.0342 e. The summed E-state index contributed by atoms with van der Waals surface area (Å²) in [6.07, 6.45) is 6.66. The molecule has 1 fully saturated rings. The summed E-state index contributed by atoms with van der Waals surface area (Å²) in [6.45, 7) is 7.97. The summed E-state index contributed by atoms with van der Waals surface area (Å²) < 4.78 is 0. The molecule has 2 N–H and O–H groups in total. The molecule has 2 heteroatoms. The Morgan fingerprint density at radius 1 is 1.10 bits per heavy atom. The predicted octanol–water partition coefficient (Wildman–Crippen LogP) is 4.53. The van der Waals surface area contributed by atoms with Crippen LogP contribution in [0.5, 0.6) is 0 Å². The molecular formula is C18H30N2. The first-order valence-corrected chi connectivity index (χ1v) is 8.25. The second-order valence-electron chi connectivity index (χ2n) is 6.56. The second-order valence-corrected chi connectivity index (χ2v) is 6.56. The van der Waals surface area contributed by atoms with Crippen LogP contribution < -0.4 is 10.6 Å². The summed E-state index contributed by atoms with van der Waals surface area (Å²) in [4.78, 5) is 0. The molecule has 0 spiro atoms. The van der Waals surface area contributed by atoms with E-state index in [1.807, 2.05) is 0 Å². The van der Waals surface area contributed by atoms with Gasteiger partial charge in [-0.25, -0.2) is 0 Å². The van der Waals surface area contributed by atoms with Gasteiger partial charge < -0.3 is 10.6 Å². The van der Waals surface area contributed by atoms with Crippen LogP contribution in [0.1, 0.15) is 64.4 Å². The number of hydrogen-bond acceptors (Lipinski definition) is 2. The topological polar surface area (TPSA) is 24.1 Å². The van der Waals surface area contributed by atoms with Gasteiger partial charge >= 0.3 is 0 Å². The van der Waals surface area contributed by atoms with Gasteiger partial charge in [0.05, 0.1) is 0 Å². The Balaban J connectivity index is 1.82. The van der Waals surface area contributed by atoms with Crippen molar-refractivity contribution in [2.24, 2.45) is 0 Å². The molecule has 2 atom stereocenters. The van der Waals surface area contributed by atoms with Crippen LogP contribution in [0.3, 0.4) is 0 Å². The van der Waals surface area contributed by atoms with E-state index in [0.717, 1.165) is 0 Å². The van der Waals surface area contributed by atoms with Crippen molar-refractivity contribution in [2.75, 3.05) is 11.9 Å². The van der Waals surface area contributed by atoms with Gasteiger partial charge in [0.15, 0.2) is 0 Å². The van der Waals surface area contributed by atoms with Gasteiger partial charge in [-0.2, -0.15) is 0 Å². The molecule has 0 aromatic heterocycles. The first-order chi connectivity index (χ1) is 9.65. The van der Waals surface area contributed by atoms with Gasteiger partial charge in [0.25, 0.3) is 0 Å². The van der Waals surface area contributed by atoms with E-state index in [2.05, 4.69) is 55.7 Å². The van der Waals surface area contributed by atoms with Crippen molar-refractivity contribution < 1.29 is 0 Å². The Morgan fingerprint density at radius 3 is 2.55 bits per heavy atom. The van der Waals surface area contributed by atoms with E-state index in [1.165, 1.54) is 49.9 Å². The van der Waals surface area contributed by atoms with Crippen molar-refractivity contribution in [3.63, 3.8) is 0 Å². The van der Waals surface area contributed by atoms with Crippen molar-refractivity contribution in [3.05, 3.63) is 29.8 Å². The number of anilines is 1. The van der Waals surface area contributed by atoms with Crippen molar-refractivity contribution in [1.82, 2.24) is 5.32 Å². The highest BCUT2D eigenvalue weighted by Gasteiger charge is 2.14. The fraction of sp³-hybridized carbons (Fsp3) is 0.667. The molecule has 2 rings (SSSR count). The van der Waals surface area contributed by atoms with Crippen LogP contribution in [-0.2, 0) is 0 Å². The maximum atomic E-state index is 3.68. The summed E-state index contributed by atoms with van der Waals surface area (Å²) in [5, 5.41) is 7.32. The van der Waals surface area contributed by atoms with Gasteiger partial charge in [-0.1, -0.05) is 38.8 Å². The van der Waals surface area contributed by atoms with Crippen molar-refractivity contribution >= 4 is 5.69 Å². The third-order valence-electron chi connectivity index (χ3n) is 4.29. The molecule has 0 aliphatic carbocycles. The van der Waals surface area contributed by atoms with Gasteiger partial charge in [0, 0.05) is 17.8 Å². The average molecular weight is 274 g/mol. The van der Waals surface area contributed by atoms with Crippen LogP contribution in [-0.4, -0.2) is 18.6 Å². The highest BCUT2D eigenvalue weighted by Crippen LogP contribution is 2.19. The van der Waals surface area contributed by atoms with E-state index in [9.17, 15) is 0 Å². The van der Waals surface area contributed by atoms with E-state index in [-0.39, 0.29) is 0 Å². The van der Waals surface area contributed by atoms with Crippen molar-refractivity contribution in [3.8, 4) is 0 Å². The van der Waals surface area contributed by atoms with Crippen LogP contribution in [0.4, 0.5) is 5.69 Å². The highest BCUT2D eigenvalue weighted by atomic mass is 15.0. The van der Waals surface area contributed by atoms with Crippen LogP contribution in [0.2, 0.25) is 0 Å². The Morgan fingerprint density at radius 2 is 1.85 bits per heavy atom.